The highest BCUT2D eigenvalue weighted by atomic mass is 16.7. The molecule has 1 amide bonds. The Balaban J connectivity index is 2.33. The lowest BCUT2D eigenvalue weighted by Crippen LogP contribution is -2.60. The fraction of sp³-hybridized carbons (Fsp3) is 0.909. The van der Waals surface area contributed by atoms with E-state index in [4.69, 9.17) is 9.47 Å². The van der Waals surface area contributed by atoms with Crippen molar-refractivity contribution < 1.29 is 50.0 Å². The highest BCUT2D eigenvalue weighted by molar-refractivity contribution is 5.80. The van der Waals surface area contributed by atoms with Crippen LogP contribution in [-0.4, -0.2) is 110 Å². The molecule has 0 aromatic heterocycles. The average molecular weight is 940 g/mol. The summed E-state index contributed by atoms with van der Waals surface area (Å²) in [6, 6.07) is -1.19. The molecule has 0 radical (unpaired) electrons. The summed E-state index contributed by atoms with van der Waals surface area (Å²) in [6.07, 6.45) is 41.0. The van der Waals surface area contributed by atoms with Crippen molar-refractivity contribution in [1.82, 2.24) is 5.32 Å². The predicted molar refractivity (Wildman–Crippen MR) is 270 cm³/mol. The summed E-state index contributed by atoms with van der Waals surface area (Å²) in [5, 5.41) is 75.9. The van der Waals surface area contributed by atoms with Crippen molar-refractivity contribution in [3.8, 4) is 0 Å². The van der Waals surface area contributed by atoms with Crippen LogP contribution in [0.15, 0.2) is 24.3 Å². The van der Waals surface area contributed by atoms with Gasteiger partial charge in [0.05, 0.1) is 25.4 Å². The minimum Gasteiger partial charge on any atom is -0.394 e. The first kappa shape index (κ1) is 62.6. The molecule has 66 heavy (non-hydrogen) atoms. The predicted octanol–water partition coefficient (Wildman–Crippen LogP) is 11.0. The molecule has 390 valence electrons. The fourth-order valence-corrected chi connectivity index (χ4v) is 8.91. The van der Waals surface area contributed by atoms with Gasteiger partial charge in [0, 0.05) is 0 Å². The number of allylic oxidation sites excluding steroid dienone is 4. The van der Waals surface area contributed by atoms with Crippen LogP contribution in [0.3, 0.4) is 0 Å². The molecular weight excluding hydrogens is 835 g/mol. The lowest BCUT2D eigenvalue weighted by atomic mass is 9.98. The Morgan fingerprint density at radius 2 is 0.894 bits per heavy atom. The molecule has 1 fully saturated rings. The van der Waals surface area contributed by atoms with Crippen molar-refractivity contribution in [2.45, 2.75) is 306 Å². The van der Waals surface area contributed by atoms with Crippen molar-refractivity contribution in [3.05, 3.63) is 24.3 Å². The van der Waals surface area contributed by atoms with Crippen LogP contribution in [-0.2, 0) is 14.3 Å². The zero-order valence-electron chi connectivity index (χ0n) is 42.4. The van der Waals surface area contributed by atoms with Crippen molar-refractivity contribution in [2.75, 3.05) is 13.2 Å². The van der Waals surface area contributed by atoms with Gasteiger partial charge in [-0.25, -0.2) is 0 Å². The maximum atomic E-state index is 13.1. The molecule has 11 nitrogen and oxygen atoms in total. The lowest BCUT2D eigenvalue weighted by Gasteiger charge is -2.40. The Kier molecular flexibility index (Phi) is 42.5. The minimum atomic E-state index is -1.67. The van der Waals surface area contributed by atoms with E-state index in [0.717, 1.165) is 57.8 Å². The van der Waals surface area contributed by atoms with Crippen LogP contribution >= 0.6 is 0 Å². The van der Waals surface area contributed by atoms with Gasteiger partial charge in [-0.05, 0) is 64.2 Å². The maximum Gasteiger partial charge on any atom is 0.249 e. The SMILES string of the molecule is CCCCCC/C=C\CCCCCCCCC(O)C(=O)NC(COC1OC(CO)C(O)C(O)C1O)C(O)C(O)CCC/C=C/CCCCCCCCCCCCCCCCCCCCCC. The van der Waals surface area contributed by atoms with Crippen LogP contribution in [0.4, 0.5) is 0 Å². The van der Waals surface area contributed by atoms with Crippen LogP contribution in [0.25, 0.3) is 0 Å². The molecule has 11 heteroatoms. The number of hydrogen-bond donors (Lipinski definition) is 8. The van der Waals surface area contributed by atoms with Gasteiger partial charge in [0.15, 0.2) is 6.29 Å². The summed E-state index contributed by atoms with van der Waals surface area (Å²) in [6.45, 7) is 3.43. The number of unbranched alkanes of at least 4 members (excludes halogenated alkanes) is 31. The van der Waals surface area contributed by atoms with Gasteiger partial charge in [-0.3, -0.25) is 4.79 Å². The van der Waals surface area contributed by atoms with E-state index in [1.807, 2.05) is 0 Å². The van der Waals surface area contributed by atoms with Gasteiger partial charge in [-0.1, -0.05) is 212 Å². The summed E-state index contributed by atoms with van der Waals surface area (Å²) in [7, 11) is 0. The Morgan fingerprint density at radius 1 is 0.515 bits per heavy atom. The van der Waals surface area contributed by atoms with E-state index in [0.29, 0.717) is 12.8 Å². The van der Waals surface area contributed by atoms with Gasteiger partial charge < -0.3 is 50.5 Å². The molecule has 9 unspecified atom stereocenters. The number of aliphatic hydroxyl groups is 7. The number of aliphatic hydroxyl groups excluding tert-OH is 7. The third-order valence-electron chi connectivity index (χ3n) is 13.5. The molecule has 1 aliphatic heterocycles. The van der Waals surface area contributed by atoms with E-state index < -0.39 is 74.2 Å². The molecule has 0 saturated carbocycles. The first-order valence-electron chi connectivity index (χ1n) is 27.7. The van der Waals surface area contributed by atoms with Gasteiger partial charge in [-0.2, -0.15) is 0 Å². The van der Waals surface area contributed by atoms with E-state index in [-0.39, 0.29) is 12.8 Å². The fourth-order valence-electron chi connectivity index (χ4n) is 8.91. The summed E-state index contributed by atoms with van der Waals surface area (Å²) < 4.78 is 11.1. The smallest absolute Gasteiger partial charge is 0.249 e. The summed E-state index contributed by atoms with van der Waals surface area (Å²) in [5.41, 5.74) is 0. The Bertz CT molecular complexity index is 1120. The molecule has 1 heterocycles. The van der Waals surface area contributed by atoms with Crippen molar-refractivity contribution in [1.29, 1.82) is 0 Å². The second-order valence-electron chi connectivity index (χ2n) is 19.6. The molecule has 8 N–H and O–H groups in total. The number of rotatable bonds is 47. The van der Waals surface area contributed by atoms with Crippen LogP contribution in [0, 0.1) is 0 Å². The van der Waals surface area contributed by atoms with Crippen molar-refractivity contribution >= 4 is 5.91 Å². The number of carbonyl (C=O) groups is 1. The third kappa shape index (κ3) is 33.2. The Morgan fingerprint density at radius 3 is 1.32 bits per heavy atom. The van der Waals surface area contributed by atoms with Gasteiger partial charge in [0.1, 0.15) is 36.6 Å². The second kappa shape index (κ2) is 44.8. The third-order valence-corrected chi connectivity index (χ3v) is 13.5. The molecule has 0 aromatic carbocycles. The number of amides is 1. The Hall–Kier alpha value is -1.41. The normalized spacial score (nSPS) is 20.9. The molecule has 0 bridgehead atoms. The van der Waals surface area contributed by atoms with E-state index >= 15 is 0 Å². The number of carbonyl (C=O) groups excluding carboxylic acids is 1. The number of ether oxygens (including phenoxy) is 2. The average Bonchev–Trinajstić information content (AvgIpc) is 3.32. The van der Waals surface area contributed by atoms with E-state index in [9.17, 15) is 40.5 Å². The highest BCUT2D eigenvalue weighted by Gasteiger charge is 2.44. The number of hydrogen-bond acceptors (Lipinski definition) is 10. The van der Waals surface area contributed by atoms with Gasteiger partial charge in [0.25, 0.3) is 0 Å². The van der Waals surface area contributed by atoms with E-state index in [1.54, 1.807) is 0 Å². The zero-order valence-corrected chi connectivity index (χ0v) is 42.4. The van der Waals surface area contributed by atoms with Gasteiger partial charge in [0.2, 0.25) is 5.91 Å². The standard InChI is InChI=1S/C55H105NO10/c1-3-5-7-9-11-13-15-17-19-20-21-22-23-24-25-26-27-28-29-31-32-34-36-38-40-42-47(58)50(60)46(45-65-55-53(63)52(62)51(61)49(44-57)66-55)56-54(64)48(59)43-41-39-37-35-33-30-18-16-14-12-10-8-6-4-2/h14,16,34,36,46-53,55,57-63H,3-13,15,17-33,35,37-45H2,1-2H3,(H,56,64)/b16-14-,36-34+. The van der Waals surface area contributed by atoms with Gasteiger partial charge in [-0.15, -0.1) is 0 Å². The zero-order chi connectivity index (χ0) is 48.3. The minimum absolute atomic E-state index is 0.247. The summed E-state index contributed by atoms with van der Waals surface area (Å²) in [4.78, 5) is 13.1. The molecule has 0 aromatic rings. The first-order valence-corrected chi connectivity index (χ1v) is 27.7. The topological polar surface area (TPSA) is 189 Å². The molecule has 1 aliphatic rings. The largest absolute Gasteiger partial charge is 0.394 e. The maximum absolute atomic E-state index is 13.1. The molecule has 0 spiro atoms. The highest BCUT2D eigenvalue weighted by Crippen LogP contribution is 2.23. The number of nitrogens with one attached hydrogen (secondary N) is 1. The van der Waals surface area contributed by atoms with Crippen LogP contribution in [0.1, 0.15) is 251 Å². The molecular formula is C55H105NO10. The van der Waals surface area contributed by atoms with Gasteiger partial charge >= 0.3 is 0 Å². The van der Waals surface area contributed by atoms with Crippen molar-refractivity contribution in [3.63, 3.8) is 0 Å². The first-order chi connectivity index (χ1) is 32.2. The van der Waals surface area contributed by atoms with E-state index in [2.05, 4.69) is 43.5 Å². The Labute approximate surface area is 404 Å². The monoisotopic (exact) mass is 940 g/mol. The lowest BCUT2D eigenvalue weighted by molar-refractivity contribution is -0.303. The van der Waals surface area contributed by atoms with Crippen molar-refractivity contribution in [2.24, 2.45) is 0 Å². The quantitative estimate of drug-likeness (QED) is 0.0215. The molecule has 1 saturated heterocycles. The molecule has 1 rings (SSSR count). The molecule has 0 aliphatic carbocycles. The van der Waals surface area contributed by atoms with Crippen LogP contribution in [0.5, 0.6) is 0 Å². The van der Waals surface area contributed by atoms with Crippen LogP contribution < -0.4 is 5.32 Å². The molecule has 9 atom stereocenters. The second-order valence-corrected chi connectivity index (χ2v) is 19.6. The van der Waals surface area contributed by atoms with Crippen LogP contribution in [0.2, 0.25) is 0 Å². The summed E-state index contributed by atoms with van der Waals surface area (Å²) in [5.74, 6) is -0.710. The van der Waals surface area contributed by atoms with E-state index in [1.165, 1.54) is 154 Å². The summed E-state index contributed by atoms with van der Waals surface area (Å²) >= 11 is 0.